The first-order valence-corrected chi connectivity index (χ1v) is 9.79. The monoisotopic (exact) mass is 418 g/mol. The summed E-state index contributed by atoms with van der Waals surface area (Å²) >= 11 is 7.58. The number of nitrogens with zero attached hydrogens (tertiary/aromatic N) is 3. The molecule has 0 aliphatic carbocycles. The highest BCUT2D eigenvalue weighted by Gasteiger charge is 2.15. The SMILES string of the molecule is CCN(CC(=O)Nc1cccc(OC)c1)C(=O)/C=C/c1c(Cl)nc2sccn12. The van der Waals surface area contributed by atoms with E-state index in [0.717, 1.165) is 4.96 Å². The Morgan fingerprint density at radius 3 is 3.00 bits per heavy atom. The molecule has 0 saturated carbocycles. The molecule has 0 bridgehead atoms. The Balaban J connectivity index is 1.65. The fraction of sp³-hybridized carbons (Fsp3) is 0.211. The van der Waals surface area contributed by atoms with Crippen LogP contribution in [-0.4, -0.2) is 46.3 Å². The van der Waals surface area contributed by atoms with Gasteiger partial charge in [-0.3, -0.25) is 14.0 Å². The molecule has 1 aromatic carbocycles. The van der Waals surface area contributed by atoms with Gasteiger partial charge in [-0.25, -0.2) is 4.98 Å². The summed E-state index contributed by atoms with van der Waals surface area (Å²) < 4.78 is 6.94. The van der Waals surface area contributed by atoms with Crippen LogP contribution in [0.4, 0.5) is 5.69 Å². The lowest BCUT2D eigenvalue weighted by Crippen LogP contribution is -2.36. The number of imidazole rings is 1. The Labute approximate surface area is 171 Å². The number of rotatable bonds is 7. The first kappa shape index (κ1) is 19.9. The molecule has 3 aromatic rings. The zero-order valence-electron chi connectivity index (χ0n) is 15.4. The molecule has 0 aliphatic heterocycles. The topological polar surface area (TPSA) is 75.9 Å². The second kappa shape index (κ2) is 8.90. The molecule has 2 heterocycles. The van der Waals surface area contributed by atoms with Gasteiger partial charge in [0.1, 0.15) is 12.3 Å². The number of halogens is 1. The number of carbonyl (C=O) groups is 2. The second-order valence-corrected chi connectivity index (χ2v) is 7.04. The third-order valence-electron chi connectivity index (χ3n) is 4.02. The van der Waals surface area contributed by atoms with Crippen LogP contribution in [0.3, 0.4) is 0 Å². The predicted molar refractivity (Wildman–Crippen MR) is 111 cm³/mol. The molecule has 0 atom stereocenters. The van der Waals surface area contributed by atoms with Crippen molar-refractivity contribution >= 4 is 51.5 Å². The minimum Gasteiger partial charge on any atom is -0.497 e. The van der Waals surface area contributed by atoms with E-state index in [4.69, 9.17) is 16.3 Å². The Bertz CT molecular complexity index is 1030. The molecule has 0 aliphatic rings. The summed E-state index contributed by atoms with van der Waals surface area (Å²) in [5, 5.41) is 4.98. The maximum atomic E-state index is 12.5. The maximum Gasteiger partial charge on any atom is 0.247 e. The van der Waals surface area contributed by atoms with Crippen LogP contribution in [0.5, 0.6) is 5.75 Å². The number of anilines is 1. The first-order valence-electron chi connectivity index (χ1n) is 8.53. The minimum atomic E-state index is -0.292. The van der Waals surface area contributed by atoms with Crippen LogP contribution in [-0.2, 0) is 9.59 Å². The van der Waals surface area contributed by atoms with Crippen LogP contribution in [0, 0.1) is 0 Å². The third-order valence-corrected chi connectivity index (χ3v) is 5.05. The van der Waals surface area contributed by atoms with Crippen molar-refractivity contribution in [3.63, 3.8) is 0 Å². The van der Waals surface area contributed by atoms with E-state index in [1.807, 2.05) is 22.9 Å². The van der Waals surface area contributed by atoms with E-state index in [1.54, 1.807) is 37.5 Å². The number of aromatic nitrogens is 2. The van der Waals surface area contributed by atoms with Crippen molar-refractivity contribution in [2.24, 2.45) is 0 Å². The molecule has 2 amide bonds. The number of likely N-dealkylation sites (N-methyl/N-ethyl adjacent to an activating group) is 1. The number of thiazole rings is 1. The first-order chi connectivity index (χ1) is 13.5. The number of ether oxygens (including phenoxy) is 1. The molecule has 9 heteroatoms. The Morgan fingerprint density at radius 1 is 1.43 bits per heavy atom. The number of fused-ring (bicyclic) bond motifs is 1. The Kier molecular flexibility index (Phi) is 6.33. The molecular formula is C19H19ClN4O3S. The molecule has 0 fully saturated rings. The number of methoxy groups -OCH3 is 1. The van der Waals surface area contributed by atoms with Crippen molar-refractivity contribution in [2.45, 2.75) is 6.92 Å². The van der Waals surface area contributed by atoms with Crippen LogP contribution < -0.4 is 10.1 Å². The summed E-state index contributed by atoms with van der Waals surface area (Å²) in [5.41, 5.74) is 1.23. The van der Waals surface area contributed by atoms with E-state index in [-0.39, 0.29) is 18.4 Å². The summed E-state index contributed by atoms with van der Waals surface area (Å²) in [6, 6.07) is 7.03. The van der Waals surface area contributed by atoms with Crippen molar-refractivity contribution in [3.05, 3.63) is 52.8 Å². The molecule has 2 aromatic heterocycles. The highest BCUT2D eigenvalue weighted by Crippen LogP contribution is 2.22. The predicted octanol–water partition coefficient (Wildman–Crippen LogP) is 3.56. The van der Waals surface area contributed by atoms with E-state index < -0.39 is 0 Å². The van der Waals surface area contributed by atoms with Gasteiger partial charge in [0.15, 0.2) is 10.1 Å². The lowest BCUT2D eigenvalue weighted by atomic mass is 10.3. The van der Waals surface area contributed by atoms with Crippen molar-refractivity contribution in [2.75, 3.05) is 25.5 Å². The second-order valence-electron chi connectivity index (χ2n) is 5.81. The number of nitrogens with one attached hydrogen (secondary N) is 1. The van der Waals surface area contributed by atoms with Gasteiger partial charge in [0.2, 0.25) is 11.8 Å². The summed E-state index contributed by atoms with van der Waals surface area (Å²) in [7, 11) is 1.56. The van der Waals surface area contributed by atoms with Crippen LogP contribution in [0.1, 0.15) is 12.6 Å². The molecule has 0 saturated heterocycles. The van der Waals surface area contributed by atoms with E-state index >= 15 is 0 Å². The van der Waals surface area contributed by atoms with Crippen LogP contribution in [0.2, 0.25) is 5.15 Å². The molecule has 7 nitrogen and oxygen atoms in total. The van der Waals surface area contributed by atoms with Gasteiger partial charge in [-0.05, 0) is 25.1 Å². The van der Waals surface area contributed by atoms with Gasteiger partial charge in [-0.15, -0.1) is 11.3 Å². The molecule has 0 radical (unpaired) electrons. The van der Waals surface area contributed by atoms with Gasteiger partial charge in [-0.1, -0.05) is 17.7 Å². The quantitative estimate of drug-likeness (QED) is 0.595. The van der Waals surface area contributed by atoms with Crippen LogP contribution in [0.15, 0.2) is 41.9 Å². The van der Waals surface area contributed by atoms with Gasteiger partial charge in [0, 0.05) is 36.0 Å². The Morgan fingerprint density at radius 2 is 2.25 bits per heavy atom. The maximum absolute atomic E-state index is 12.5. The average molecular weight is 419 g/mol. The number of amides is 2. The smallest absolute Gasteiger partial charge is 0.247 e. The van der Waals surface area contributed by atoms with E-state index in [9.17, 15) is 9.59 Å². The van der Waals surface area contributed by atoms with Crippen molar-refractivity contribution in [1.82, 2.24) is 14.3 Å². The van der Waals surface area contributed by atoms with Crippen LogP contribution >= 0.6 is 22.9 Å². The average Bonchev–Trinajstić information content (AvgIpc) is 3.25. The summed E-state index contributed by atoms with van der Waals surface area (Å²) in [6.45, 7) is 2.14. The lowest BCUT2D eigenvalue weighted by Gasteiger charge is -2.18. The summed E-state index contributed by atoms with van der Waals surface area (Å²) in [6.07, 6.45) is 4.84. The molecule has 0 spiro atoms. The normalized spacial score (nSPS) is 11.1. The third kappa shape index (κ3) is 4.52. The van der Waals surface area contributed by atoms with Crippen molar-refractivity contribution in [3.8, 4) is 5.75 Å². The number of benzene rings is 1. The highest BCUT2D eigenvalue weighted by atomic mass is 35.5. The molecular weight excluding hydrogens is 400 g/mol. The zero-order chi connectivity index (χ0) is 20.1. The van der Waals surface area contributed by atoms with Crippen molar-refractivity contribution < 1.29 is 14.3 Å². The summed E-state index contributed by atoms with van der Waals surface area (Å²) in [4.78, 5) is 31.2. The van der Waals surface area contributed by atoms with Crippen molar-refractivity contribution in [1.29, 1.82) is 0 Å². The molecule has 146 valence electrons. The molecule has 1 N–H and O–H groups in total. The van der Waals surface area contributed by atoms with Crippen LogP contribution in [0.25, 0.3) is 11.0 Å². The van der Waals surface area contributed by atoms with E-state index in [0.29, 0.717) is 28.8 Å². The minimum absolute atomic E-state index is 0.0646. The van der Waals surface area contributed by atoms with Gasteiger partial charge in [0.05, 0.1) is 12.8 Å². The summed E-state index contributed by atoms with van der Waals surface area (Å²) in [5.74, 6) is 0.0607. The fourth-order valence-corrected chi connectivity index (χ4v) is 3.61. The number of hydrogen-bond donors (Lipinski definition) is 1. The fourth-order valence-electron chi connectivity index (χ4n) is 2.60. The van der Waals surface area contributed by atoms with Gasteiger partial charge < -0.3 is 15.0 Å². The van der Waals surface area contributed by atoms with Gasteiger partial charge in [0.25, 0.3) is 0 Å². The van der Waals surface area contributed by atoms with E-state index in [1.165, 1.54) is 22.3 Å². The molecule has 0 unspecified atom stereocenters. The molecule has 28 heavy (non-hydrogen) atoms. The molecule has 3 rings (SSSR count). The Hall–Kier alpha value is -2.84. The van der Waals surface area contributed by atoms with E-state index in [2.05, 4.69) is 10.3 Å². The van der Waals surface area contributed by atoms with Gasteiger partial charge in [-0.2, -0.15) is 0 Å². The van der Waals surface area contributed by atoms with Gasteiger partial charge >= 0.3 is 0 Å². The number of hydrogen-bond acceptors (Lipinski definition) is 5. The standard InChI is InChI=1S/C19H19ClN4O3S/c1-3-23(12-16(25)21-13-5-4-6-14(11-13)27-2)17(26)8-7-15-18(20)22-19-24(15)9-10-28-19/h4-11H,3,12H2,1-2H3,(H,21,25)/b8-7+. The highest BCUT2D eigenvalue weighted by molar-refractivity contribution is 7.15. The zero-order valence-corrected chi connectivity index (χ0v) is 17.0. The number of carbonyl (C=O) groups excluding carboxylic acids is 2. The largest absolute Gasteiger partial charge is 0.497 e. The lowest BCUT2D eigenvalue weighted by molar-refractivity contribution is -0.130.